The van der Waals surface area contributed by atoms with Gasteiger partial charge in [-0.3, -0.25) is 4.79 Å². The molecule has 5 nitrogen and oxygen atoms in total. The molecule has 1 atom stereocenters. The fourth-order valence-corrected chi connectivity index (χ4v) is 2.72. The van der Waals surface area contributed by atoms with Crippen LogP contribution in [0.15, 0.2) is 0 Å². The van der Waals surface area contributed by atoms with Crippen LogP contribution in [0, 0.1) is 0 Å². The average Bonchev–Trinajstić information content (AvgIpc) is 2.90. The number of rotatable bonds is 5. The van der Waals surface area contributed by atoms with Crippen LogP contribution in [0.25, 0.3) is 0 Å². The van der Waals surface area contributed by atoms with Crippen LogP contribution in [0.3, 0.4) is 0 Å². The molecule has 0 bridgehead atoms. The predicted molar refractivity (Wildman–Crippen MR) is 68.5 cm³/mol. The molecule has 0 spiro atoms. The van der Waals surface area contributed by atoms with Crippen molar-refractivity contribution in [2.45, 2.75) is 25.3 Å². The maximum Gasteiger partial charge on any atom is 0.224 e. The molecular formula is C13H24N2O3. The van der Waals surface area contributed by atoms with E-state index in [1.54, 1.807) is 7.11 Å². The minimum atomic E-state index is 0.0924. The van der Waals surface area contributed by atoms with E-state index in [0.717, 1.165) is 19.6 Å². The minimum absolute atomic E-state index is 0.0924. The third-order valence-electron chi connectivity index (χ3n) is 3.75. The molecule has 2 heterocycles. The second-order valence-corrected chi connectivity index (χ2v) is 5.07. The van der Waals surface area contributed by atoms with E-state index in [2.05, 4.69) is 4.90 Å². The van der Waals surface area contributed by atoms with Gasteiger partial charge in [-0.15, -0.1) is 0 Å². The highest BCUT2D eigenvalue weighted by atomic mass is 16.5. The van der Waals surface area contributed by atoms with Gasteiger partial charge in [0, 0.05) is 26.6 Å². The summed E-state index contributed by atoms with van der Waals surface area (Å²) in [6.07, 6.45) is 3.18. The monoisotopic (exact) mass is 256 g/mol. The van der Waals surface area contributed by atoms with Crippen molar-refractivity contribution in [3.8, 4) is 0 Å². The second-order valence-electron chi connectivity index (χ2n) is 5.07. The number of carbonyl (C=O) groups is 1. The molecule has 0 aromatic rings. The van der Waals surface area contributed by atoms with Gasteiger partial charge in [0.15, 0.2) is 0 Å². The Balaban J connectivity index is 1.77. The van der Waals surface area contributed by atoms with E-state index in [1.807, 2.05) is 4.90 Å². The van der Waals surface area contributed by atoms with Crippen molar-refractivity contribution in [2.75, 3.05) is 53.1 Å². The Kier molecular flexibility index (Phi) is 5.41. The van der Waals surface area contributed by atoms with Gasteiger partial charge in [0.25, 0.3) is 0 Å². The lowest BCUT2D eigenvalue weighted by Gasteiger charge is -2.35. The molecular weight excluding hydrogens is 232 g/mol. The van der Waals surface area contributed by atoms with Crippen molar-refractivity contribution >= 4 is 5.91 Å². The molecule has 104 valence electrons. The average molecular weight is 256 g/mol. The van der Waals surface area contributed by atoms with E-state index in [1.165, 1.54) is 12.8 Å². The Bertz CT molecular complexity index is 265. The maximum atomic E-state index is 12.2. The molecule has 2 fully saturated rings. The highest BCUT2D eigenvalue weighted by molar-refractivity contribution is 5.76. The first-order valence-corrected chi connectivity index (χ1v) is 6.90. The normalized spacial score (nSPS) is 25.6. The van der Waals surface area contributed by atoms with Gasteiger partial charge in [-0.2, -0.15) is 0 Å². The summed E-state index contributed by atoms with van der Waals surface area (Å²) in [5, 5.41) is 0. The van der Waals surface area contributed by atoms with Crippen molar-refractivity contribution < 1.29 is 14.3 Å². The van der Waals surface area contributed by atoms with E-state index in [0.29, 0.717) is 32.8 Å². The summed E-state index contributed by atoms with van der Waals surface area (Å²) in [5.41, 5.74) is 0. The molecule has 0 aromatic carbocycles. The molecule has 2 rings (SSSR count). The Morgan fingerprint density at radius 1 is 1.33 bits per heavy atom. The molecule has 0 saturated carbocycles. The molecule has 2 aliphatic rings. The number of carbonyl (C=O) groups excluding carboxylic acids is 1. The third-order valence-corrected chi connectivity index (χ3v) is 3.75. The zero-order valence-electron chi connectivity index (χ0n) is 11.3. The highest BCUT2D eigenvalue weighted by Crippen LogP contribution is 2.12. The van der Waals surface area contributed by atoms with Crippen molar-refractivity contribution in [1.29, 1.82) is 0 Å². The van der Waals surface area contributed by atoms with Crippen molar-refractivity contribution in [3.63, 3.8) is 0 Å². The van der Waals surface area contributed by atoms with Crippen LogP contribution >= 0.6 is 0 Å². The number of likely N-dealkylation sites (tertiary alicyclic amines) is 1. The molecule has 1 unspecified atom stereocenters. The Labute approximate surface area is 109 Å². The molecule has 2 aliphatic heterocycles. The largest absolute Gasteiger partial charge is 0.382 e. The van der Waals surface area contributed by atoms with Gasteiger partial charge < -0.3 is 19.3 Å². The summed E-state index contributed by atoms with van der Waals surface area (Å²) in [5.74, 6) is 0.243. The Hall–Kier alpha value is -0.650. The molecule has 0 radical (unpaired) electrons. The number of morpholine rings is 1. The lowest BCUT2D eigenvalue weighted by atomic mass is 10.2. The molecule has 18 heavy (non-hydrogen) atoms. The first-order valence-electron chi connectivity index (χ1n) is 6.90. The number of nitrogens with zero attached hydrogens (tertiary/aromatic N) is 2. The maximum absolute atomic E-state index is 12.2. The summed E-state index contributed by atoms with van der Waals surface area (Å²) in [7, 11) is 1.67. The zero-order valence-corrected chi connectivity index (χ0v) is 11.3. The van der Waals surface area contributed by atoms with Gasteiger partial charge in [-0.05, 0) is 25.9 Å². The number of methoxy groups -OCH3 is 1. The molecule has 0 aliphatic carbocycles. The Morgan fingerprint density at radius 2 is 2.11 bits per heavy atom. The summed E-state index contributed by atoms with van der Waals surface area (Å²) < 4.78 is 10.6. The van der Waals surface area contributed by atoms with Crippen LogP contribution < -0.4 is 0 Å². The summed E-state index contributed by atoms with van der Waals surface area (Å²) in [4.78, 5) is 16.5. The lowest BCUT2D eigenvalue weighted by molar-refractivity contribution is -0.142. The van der Waals surface area contributed by atoms with Gasteiger partial charge in [-0.1, -0.05) is 0 Å². The highest BCUT2D eigenvalue weighted by Gasteiger charge is 2.27. The standard InChI is InChI=1S/C13H24N2O3/c1-17-10-12-11-18-9-8-15(12)13(16)4-7-14-5-2-3-6-14/h12H,2-11H2,1H3. The van der Waals surface area contributed by atoms with Crippen LogP contribution in [0.4, 0.5) is 0 Å². The van der Waals surface area contributed by atoms with E-state index >= 15 is 0 Å². The van der Waals surface area contributed by atoms with E-state index in [-0.39, 0.29) is 11.9 Å². The summed E-state index contributed by atoms with van der Waals surface area (Å²) in [6, 6.07) is 0.0924. The van der Waals surface area contributed by atoms with Gasteiger partial charge in [0.2, 0.25) is 5.91 Å². The van der Waals surface area contributed by atoms with Crippen molar-refractivity contribution in [1.82, 2.24) is 9.80 Å². The van der Waals surface area contributed by atoms with Crippen molar-refractivity contribution in [2.24, 2.45) is 0 Å². The lowest BCUT2D eigenvalue weighted by Crippen LogP contribution is -2.51. The van der Waals surface area contributed by atoms with Crippen LogP contribution in [-0.2, 0) is 14.3 Å². The van der Waals surface area contributed by atoms with E-state index < -0.39 is 0 Å². The second kappa shape index (κ2) is 7.07. The van der Waals surface area contributed by atoms with Gasteiger partial charge in [0.05, 0.1) is 25.9 Å². The number of hydrogen-bond acceptors (Lipinski definition) is 4. The van der Waals surface area contributed by atoms with Crippen molar-refractivity contribution in [3.05, 3.63) is 0 Å². The first kappa shape index (κ1) is 13.8. The quantitative estimate of drug-likeness (QED) is 0.711. The third kappa shape index (κ3) is 3.67. The Morgan fingerprint density at radius 3 is 2.83 bits per heavy atom. The predicted octanol–water partition coefficient (Wildman–Crippen LogP) is 0.346. The summed E-state index contributed by atoms with van der Waals surface area (Å²) >= 11 is 0. The fourth-order valence-electron chi connectivity index (χ4n) is 2.72. The molecule has 0 aromatic heterocycles. The van der Waals surface area contributed by atoms with Gasteiger partial charge >= 0.3 is 0 Å². The van der Waals surface area contributed by atoms with Crippen LogP contribution in [0.5, 0.6) is 0 Å². The number of ether oxygens (including phenoxy) is 2. The van der Waals surface area contributed by atoms with Crippen LogP contribution in [-0.4, -0.2) is 74.9 Å². The molecule has 1 amide bonds. The van der Waals surface area contributed by atoms with Crippen LogP contribution in [0.1, 0.15) is 19.3 Å². The minimum Gasteiger partial charge on any atom is -0.382 e. The van der Waals surface area contributed by atoms with Gasteiger partial charge in [0.1, 0.15) is 0 Å². The van der Waals surface area contributed by atoms with E-state index in [9.17, 15) is 4.79 Å². The van der Waals surface area contributed by atoms with E-state index in [4.69, 9.17) is 9.47 Å². The molecule has 2 saturated heterocycles. The smallest absolute Gasteiger partial charge is 0.224 e. The molecule has 0 N–H and O–H groups in total. The fraction of sp³-hybridized carbons (Fsp3) is 0.923. The SMILES string of the molecule is COCC1COCCN1C(=O)CCN1CCCC1. The number of hydrogen-bond donors (Lipinski definition) is 0. The first-order chi connectivity index (χ1) is 8.81. The molecule has 5 heteroatoms. The topological polar surface area (TPSA) is 42.0 Å². The van der Waals surface area contributed by atoms with Gasteiger partial charge in [-0.25, -0.2) is 0 Å². The van der Waals surface area contributed by atoms with Crippen LogP contribution in [0.2, 0.25) is 0 Å². The summed E-state index contributed by atoms with van der Waals surface area (Å²) in [6.45, 7) is 5.72. The number of amides is 1. The zero-order chi connectivity index (χ0) is 12.8.